The van der Waals surface area contributed by atoms with Crippen molar-refractivity contribution in [1.29, 1.82) is 0 Å². The van der Waals surface area contributed by atoms with E-state index in [1.807, 2.05) is 31.2 Å². The second-order valence-electron chi connectivity index (χ2n) is 8.66. The number of hydrogen-bond acceptors (Lipinski definition) is 6. The van der Waals surface area contributed by atoms with Gasteiger partial charge in [0.05, 0.1) is 11.3 Å². The normalized spacial score (nSPS) is 16.8. The van der Waals surface area contributed by atoms with Gasteiger partial charge in [0.2, 0.25) is 23.7 Å². The Morgan fingerprint density at radius 2 is 1.94 bits per heavy atom. The number of aryl methyl sites for hydroxylation is 1. The molecule has 0 saturated heterocycles. The Hall–Kier alpha value is -4.14. The van der Waals surface area contributed by atoms with Gasteiger partial charge in [0.25, 0.3) is 0 Å². The summed E-state index contributed by atoms with van der Waals surface area (Å²) in [7, 11) is 0. The van der Waals surface area contributed by atoms with E-state index in [1.54, 1.807) is 36.7 Å². The smallest absolute Gasteiger partial charge is 0.248 e. The standard InChI is InChI=1S/C26H23F2N5O2/c1-15-7-8-17-18(4-2-6-20(17)32-23(34)16-9-11-26(27,28)14-16)22(15)35-24-19(5-3-12-30-24)21-10-13-31-25(29)33-21/h2-8,10,12-13,16H,9,11,14H2,1H3,(H,32,34)(H2,29,31,33). The van der Waals surface area contributed by atoms with Crippen molar-refractivity contribution in [2.45, 2.75) is 32.1 Å². The van der Waals surface area contributed by atoms with E-state index in [-0.39, 0.29) is 18.8 Å². The molecule has 0 radical (unpaired) electrons. The second-order valence-corrected chi connectivity index (χ2v) is 8.66. The fourth-order valence-corrected chi connectivity index (χ4v) is 4.38. The van der Waals surface area contributed by atoms with Crippen molar-refractivity contribution in [3.05, 3.63) is 66.5 Å². The number of nitrogen functional groups attached to an aromatic ring is 1. The van der Waals surface area contributed by atoms with E-state index in [0.717, 1.165) is 16.3 Å². The van der Waals surface area contributed by atoms with Gasteiger partial charge in [-0.2, -0.15) is 0 Å². The number of hydrogen-bond donors (Lipinski definition) is 2. The first-order valence-electron chi connectivity index (χ1n) is 11.2. The summed E-state index contributed by atoms with van der Waals surface area (Å²) in [6, 6.07) is 14.5. The van der Waals surface area contributed by atoms with E-state index in [0.29, 0.717) is 28.6 Å². The number of alkyl halides is 2. The molecule has 7 nitrogen and oxygen atoms in total. The fraction of sp³-hybridized carbons (Fsp3) is 0.231. The predicted octanol–water partition coefficient (Wildman–Crippen LogP) is 5.75. The first kappa shape index (κ1) is 22.6. The highest BCUT2D eigenvalue weighted by Crippen LogP contribution is 2.41. The molecule has 0 bridgehead atoms. The van der Waals surface area contributed by atoms with Crippen LogP contribution in [0.2, 0.25) is 0 Å². The van der Waals surface area contributed by atoms with Crippen LogP contribution in [0.4, 0.5) is 20.4 Å². The summed E-state index contributed by atoms with van der Waals surface area (Å²) in [5, 5.41) is 4.32. The largest absolute Gasteiger partial charge is 0.437 e. The lowest BCUT2D eigenvalue weighted by Gasteiger charge is -2.17. The Kier molecular flexibility index (Phi) is 5.76. The molecule has 35 heavy (non-hydrogen) atoms. The number of nitrogens with one attached hydrogen (secondary N) is 1. The minimum atomic E-state index is -2.78. The van der Waals surface area contributed by atoms with E-state index >= 15 is 0 Å². The maximum absolute atomic E-state index is 13.6. The number of carbonyl (C=O) groups excluding carboxylic acids is 1. The third-order valence-corrected chi connectivity index (χ3v) is 6.16. The lowest BCUT2D eigenvalue weighted by Crippen LogP contribution is -2.22. The van der Waals surface area contributed by atoms with Crippen molar-refractivity contribution in [3.8, 4) is 22.9 Å². The van der Waals surface area contributed by atoms with Gasteiger partial charge in [-0.1, -0.05) is 24.3 Å². The SMILES string of the molecule is Cc1ccc2c(NC(=O)C3CCC(F)(F)C3)cccc2c1Oc1ncccc1-c1ccnc(N)n1. The van der Waals surface area contributed by atoms with Gasteiger partial charge < -0.3 is 15.8 Å². The molecule has 1 unspecified atom stereocenters. The highest BCUT2D eigenvalue weighted by molar-refractivity contribution is 6.05. The van der Waals surface area contributed by atoms with Crippen molar-refractivity contribution in [2.75, 3.05) is 11.1 Å². The van der Waals surface area contributed by atoms with E-state index in [2.05, 4.69) is 20.3 Å². The molecule has 178 valence electrons. The lowest BCUT2D eigenvalue weighted by atomic mass is 10.0. The maximum Gasteiger partial charge on any atom is 0.248 e. The minimum Gasteiger partial charge on any atom is -0.437 e. The number of aromatic nitrogens is 3. The molecule has 0 aliphatic heterocycles. The highest BCUT2D eigenvalue weighted by atomic mass is 19.3. The molecule has 9 heteroatoms. The van der Waals surface area contributed by atoms with Crippen LogP contribution in [0.1, 0.15) is 24.8 Å². The number of halogens is 2. The second kappa shape index (κ2) is 8.90. The van der Waals surface area contributed by atoms with Crippen LogP contribution in [-0.2, 0) is 4.79 Å². The van der Waals surface area contributed by atoms with Crippen LogP contribution >= 0.6 is 0 Å². The average molecular weight is 475 g/mol. The van der Waals surface area contributed by atoms with Gasteiger partial charge in [-0.15, -0.1) is 0 Å². The zero-order valence-corrected chi connectivity index (χ0v) is 19.0. The highest BCUT2D eigenvalue weighted by Gasteiger charge is 2.42. The number of amides is 1. The van der Waals surface area contributed by atoms with Crippen molar-refractivity contribution in [1.82, 2.24) is 15.0 Å². The van der Waals surface area contributed by atoms with Crippen molar-refractivity contribution >= 4 is 28.3 Å². The third-order valence-electron chi connectivity index (χ3n) is 6.16. The number of ether oxygens (including phenoxy) is 1. The molecule has 4 aromatic rings. The van der Waals surface area contributed by atoms with E-state index < -0.39 is 24.2 Å². The Morgan fingerprint density at radius 1 is 1.09 bits per heavy atom. The van der Waals surface area contributed by atoms with E-state index in [1.165, 1.54) is 0 Å². The lowest BCUT2D eigenvalue weighted by molar-refractivity contribution is -0.120. The molecule has 1 atom stereocenters. The first-order chi connectivity index (χ1) is 16.8. The molecular formula is C26H23F2N5O2. The molecule has 1 aliphatic rings. The van der Waals surface area contributed by atoms with Gasteiger partial charge in [-0.25, -0.2) is 23.7 Å². The summed E-state index contributed by atoms with van der Waals surface area (Å²) >= 11 is 0. The van der Waals surface area contributed by atoms with Gasteiger partial charge in [-0.3, -0.25) is 4.79 Å². The van der Waals surface area contributed by atoms with Gasteiger partial charge in [0.1, 0.15) is 5.75 Å². The van der Waals surface area contributed by atoms with Gasteiger partial charge in [0.15, 0.2) is 0 Å². The van der Waals surface area contributed by atoms with Crippen LogP contribution in [0.15, 0.2) is 60.9 Å². The molecule has 1 saturated carbocycles. The molecule has 1 fully saturated rings. The van der Waals surface area contributed by atoms with Gasteiger partial charge in [0, 0.05) is 47.6 Å². The fourth-order valence-electron chi connectivity index (χ4n) is 4.38. The number of fused-ring (bicyclic) bond motifs is 1. The summed E-state index contributed by atoms with van der Waals surface area (Å²) in [5.74, 6) is -2.85. The van der Waals surface area contributed by atoms with Crippen LogP contribution in [0.25, 0.3) is 22.0 Å². The van der Waals surface area contributed by atoms with Crippen LogP contribution in [0.3, 0.4) is 0 Å². The first-order valence-corrected chi connectivity index (χ1v) is 11.2. The summed E-state index contributed by atoms with van der Waals surface area (Å²) in [6.45, 7) is 1.91. The molecule has 2 aromatic carbocycles. The Bertz CT molecular complexity index is 1430. The van der Waals surface area contributed by atoms with Crippen LogP contribution in [0, 0.1) is 12.8 Å². The Morgan fingerprint density at radius 3 is 2.71 bits per heavy atom. The zero-order valence-electron chi connectivity index (χ0n) is 19.0. The quantitative estimate of drug-likeness (QED) is 0.381. The van der Waals surface area contributed by atoms with Gasteiger partial charge >= 0.3 is 0 Å². The topological polar surface area (TPSA) is 103 Å². The number of rotatable bonds is 5. The van der Waals surface area contributed by atoms with Gasteiger partial charge in [-0.05, 0) is 43.2 Å². The number of pyridine rings is 1. The average Bonchev–Trinajstić information content (AvgIpc) is 3.21. The summed E-state index contributed by atoms with van der Waals surface area (Å²) in [6.07, 6.45) is 2.67. The van der Waals surface area contributed by atoms with Crippen molar-refractivity contribution in [3.63, 3.8) is 0 Å². The minimum absolute atomic E-state index is 0.138. The Balaban J connectivity index is 1.50. The summed E-state index contributed by atoms with van der Waals surface area (Å²) in [4.78, 5) is 25.3. The summed E-state index contributed by atoms with van der Waals surface area (Å²) < 4.78 is 33.5. The Labute approximate surface area is 200 Å². The van der Waals surface area contributed by atoms with E-state index in [9.17, 15) is 13.6 Å². The molecule has 1 amide bonds. The summed E-state index contributed by atoms with van der Waals surface area (Å²) in [5.41, 5.74) is 8.36. The van der Waals surface area contributed by atoms with Crippen LogP contribution in [0.5, 0.6) is 11.6 Å². The van der Waals surface area contributed by atoms with Crippen molar-refractivity contribution in [2.24, 2.45) is 5.92 Å². The molecular weight excluding hydrogens is 452 g/mol. The number of carbonyl (C=O) groups is 1. The number of benzene rings is 2. The van der Waals surface area contributed by atoms with Crippen molar-refractivity contribution < 1.29 is 18.3 Å². The maximum atomic E-state index is 13.6. The molecule has 5 rings (SSSR count). The number of anilines is 2. The van der Waals surface area contributed by atoms with Crippen LogP contribution < -0.4 is 15.8 Å². The van der Waals surface area contributed by atoms with Crippen LogP contribution in [-0.4, -0.2) is 26.8 Å². The zero-order chi connectivity index (χ0) is 24.6. The molecule has 3 N–H and O–H groups in total. The molecule has 0 spiro atoms. The molecule has 1 aliphatic carbocycles. The molecule has 2 heterocycles. The monoisotopic (exact) mass is 475 g/mol. The predicted molar refractivity (Wildman–Crippen MR) is 129 cm³/mol. The third kappa shape index (κ3) is 4.62. The number of nitrogens with two attached hydrogens (primary N) is 1. The molecule has 2 aromatic heterocycles. The number of nitrogens with zero attached hydrogens (tertiary/aromatic N) is 3. The van der Waals surface area contributed by atoms with E-state index in [4.69, 9.17) is 10.5 Å².